The average molecular weight is 249 g/mol. The summed E-state index contributed by atoms with van der Waals surface area (Å²) >= 11 is 0. The molecule has 1 unspecified atom stereocenters. The molecule has 1 aliphatic heterocycles. The molecule has 98 valence electrons. The van der Waals surface area contributed by atoms with E-state index in [0.29, 0.717) is 12.8 Å². The highest BCUT2D eigenvalue weighted by Crippen LogP contribution is 2.16. The van der Waals surface area contributed by atoms with Crippen LogP contribution in [-0.2, 0) is 16.0 Å². The van der Waals surface area contributed by atoms with Gasteiger partial charge in [0, 0.05) is 18.9 Å². The van der Waals surface area contributed by atoms with Crippen molar-refractivity contribution in [3.05, 3.63) is 29.8 Å². The van der Waals surface area contributed by atoms with Crippen LogP contribution in [0.2, 0.25) is 0 Å². The SMILES string of the molecule is O=C(CC1CCCO1)Nc1ccc(CCO)cc1. The van der Waals surface area contributed by atoms with Crippen molar-refractivity contribution in [2.45, 2.75) is 31.8 Å². The molecular formula is C14H19NO3. The third-order valence-corrected chi connectivity index (χ3v) is 3.08. The van der Waals surface area contributed by atoms with Gasteiger partial charge in [-0.15, -0.1) is 0 Å². The van der Waals surface area contributed by atoms with Crippen LogP contribution in [0.5, 0.6) is 0 Å². The molecule has 1 fully saturated rings. The van der Waals surface area contributed by atoms with E-state index in [-0.39, 0.29) is 18.6 Å². The fraction of sp³-hybridized carbons (Fsp3) is 0.500. The second-order valence-electron chi connectivity index (χ2n) is 4.56. The Morgan fingerprint density at radius 1 is 1.39 bits per heavy atom. The molecule has 1 heterocycles. The molecule has 18 heavy (non-hydrogen) atoms. The molecule has 1 aromatic carbocycles. The molecule has 4 heteroatoms. The summed E-state index contributed by atoms with van der Waals surface area (Å²) in [6.07, 6.45) is 3.18. The zero-order valence-electron chi connectivity index (χ0n) is 10.4. The Morgan fingerprint density at radius 2 is 2.17 bits per heavy atom. The van der Waals surface area contributed by atoms with Crippen molar-refractivity contribution in [1.29, 1.82) is 0 Å². The molecule has 1 aliphatic rings. The van der Waals surface area contributed by atoms with E-state index in [9.17, 15) is 4.79 Å². The largest absolute Gasteiger partial charge is 0.396 e. The van der Waals surface area contributed by atoms with Gasteiger partial charge < -0.3 is 15.2 Å². The van der Waals surface area contributed by atoms with Crippen LogP contribution < -0.4 is 5.32 Å². The standard InChI is InChI=1S/C14H19NO3/c16-8-7-11-3-5-12(6-4-11)15-14(17)10-13-2-1-9-18-13/h3-6,13,16H,1-2,7-10H2,(H,15,17). The molecule has 0 radical (unpaired) electrons. The lowest BCUT2D eigenvalue weighted by atomic mass is 10.1. The van der Waals surface area contributed by atoms with Crippen LogP contribution in [0.25, 0.3) is 0 Å². The van der Waals surface area contributed by atoms with E-state index < -0.39 is 0 Å². The van der Waals surface area contributed by atoms with Gasteiger partial charge in [-0.1, -0.05) is 12.1 Å². The van der Waals surface area contributed by atoms with Crippen LogP contribution >= 0.6 is 0 Å². The number of carbonyl (C=O) groups excluding carboxylic acids is 1. The third-order valence-electron chi connectivity index (χ3n) is 3.08. The number of aliphatic hydroxyl groups excluding tert-OH is 1. The minimum absolute atomic E-state index is 0.00296. The number of benzene rings is 1. The monoisotopic (exact) mass is 249 g/mol. The lowest BCUT2D eigenvalue weighted by molar-refractivity contribution is -0.118. The van der Waals surface area contributed by atoms with Gasteiger partial charge in [-0.2, -0.15) is 0 Å². The summed E-state index contributed by atoms with van der Waals surface area (Å²) in [5, 5.41) is 11.7. The number of nitrogens with one attached hydrogen (secondary N) is 1. The lowest BCUT2D eigenvalue weighted by Gasteiger charge is -2.10. The van der Waals surface area contributed by atoms with Gasteiger partial charge in [0.05, 0.1) is 12.5 Å². The van der Waals surface area contributed by atoms with Crippen molar-refractivity contribution in [2.75, 3.05) is 18.5 Å². The molecule has 1 atom stereocenters. The fourth-order valence-corrected chi connectivity index (χ4v) is 2.11. The molecule has 0 bridgehead atoms. The van der Waals surface area contributed by atoms with E-state index >= 15 is 0 Å². The number of hydrogen-bond donors (Lipinski definition) is 2. The predicted octanol–water partition coefficient (Wildman–Crippen LogP) is 1.73. The number of rotatable bonds is 5. The Kier molecular flexibility index (Phi) is 4.73. The fourth-order valence-electron chi connectivity index (χ4n) is 2.11. The van der Waals surface area contributed by atoms with Crippen molar-refractivity contribution in [3.63, 3.8) is 0 Å². The van der Waals surface area contributed by atoms with E-state index in [4.69, 9.17) is 9.84 Å². The number of amides is 1. The van der Waals surface area contributed by atoms with Crippen molar-refractivity contribution < 1.29 is 14.6 Å². The van der Waals surface area contributed by atoms with Crippen LogP contribution in [0.1, 0.15) is 24.8 Å². The third kappa shape index (κ3) is 3.82. The molecule has 1 amide bonds. The van der Waals surface area contributed by atoms with Crippen LogP contribution in [0.4, 0.5) is 5.69 Å². The molecular weight excluding hydrogens is 230 g/mol. The van der Waals surface area contributed by atoms with E-state index in [1.807, 2.05) is 24.3 Å². The summed E-state index contributed by atoms with van der Waals surface area (Å²) in [5.74, 6) is -0.00296. The first kappa shape index (κ1) is 13.1. The van der Waals surface area contributed by atoms with Gasteiger partial charge in [0.1, 0.15) is 0 Å². The molecule has 0 saturated carbocycles. The summed E-state index contributed by atoms with van der Waals surface area (Å²) in [6, 6.07) is 7.55. The first-order valence-electron chi connectivity index (χ1n) is 6.39. The molecule has 2 N–H and O–H groups in total. The van der Waals surface area contributed by atoms with Crippen molar-refractivity contribution in [3.8, 4) is 0 Å². The minimum atomic E-state index is -0.00296. The Balaban J connectivity index is 1.82. The quantitative estimate of drug-likeness (QED) is 0.835. The molecule has 1 saturated heterocycles. The first-order valence-corrected chi connectivity index (χ1v) is 6.39. The second kappa shape index (κ2) is 6.52. The number of hydrogen-bond acceptors (Lipinski definition) is 3. The smallest absolute Gasteiger partial charge is 0.226 e. The molecule has 0 aromatic heterocycles. The topological polar surface area (TPSA) is 58.6 Å². The number of carbonyl (C=O) groups is 1. The van der Waals surface area contributed by atoms with Crippen molar-refractivity contribution in [1.82, 2.24) is 0 Å². The minimum Gasteiger partial charge on any atom is -0.396 e. The van der Waals surface area contributed by atoms with Gasteiger partial charge in [0.25, 0.3) is 0 Å². The van der Waals surface area contributed by atoms with E-state index in [1.165, 1.54) is 0 Å². The zero-order valence-corrected chi connectivity index (χ0v) is 10.4. The summed E-state index contributed by atoms with van der Waals surface area (Å²) in [5.41, 5.74) is 1.86. The van der Waals surface area contributed by atoms with Gasteiger partial charge in [-0.3, -0.25) is 4.79 Å². The summed E-state index contributed by atoms with van der Waals surface area (Å²) < 4.78 is 5.42. The van der Waals surface area contributed by atoms with Crippen molar-refractivity contribution in [2.24, 2.45) is 0 Å². The normalized spacial score (nSPS) is 18.8. The zero-order chi connectivity index (χ0) is 12.8. The molecule has 4 nitrogen and oxygen atoms in total. The second-order valence-corrected chi connectivity index (χ2v) is 4.56. The van der Waals surface area contributed by atoms with Gasteiger partial charge in [-0.25, -0.2) is 0 Å². The van der Waals surface area contributed by atoms with Gasteiger partial charge in [0.15, 0.2) is 0 Å². The lowest BCUT2D eigenvalue weighted by Crippen LogP contribution is -2.19. The van der Waals surface area contributed by atoms with Crippen LogP contribution in [0.3, 0.4) is 0 Å². The van der Waals surface area contributed by atoms with Crippen LogP contribution in [0.15, 0.2) is 24.3 Å². The maximum absolute atomic E-state index is 11.7. The Morgan fingerprint density at radius 3 is 2.78 bits per heavy atom. The molecule has 1 aromatic rings. The number of anilines is 1. The van der Waals surface area contributed by atoms with Gasteiger partial charge >= 0.3 is 0 Å². The highest BCUT2D eigenvalue weighted by molar-refractivity contribution is 5.91. The molecule has 0 aliphatic carbocycles. The maximum Gasteiger partial charge on any atom is 0.226 e. The van der Waals surface area contributed by atoms with Crippen LogP contribution in [-0.4, -0.2) is 30.3 Å². The Hall–Kier alpha value is -1.39. The maximum atomic E-state index is 11.7. The van der Waals surface area contributed by atoms with Gasteiger partial charge in [-0.05, 0) is 37.0 Å². The molecule has 2 rings (SSSR count). The molecule has 0 spiro atoms. The van der Waals surface area contributed by atoms with E-state index in [1.54, 1.807) is 0 Å². The average Bonchev–Trinajstić information content (AvgIpc) is 2.84. The number of aliphatic hydroxyl groups is 1. The van der Waals surface area contributed by atoms with E-state index in [2.05, 4.69) is 5.32 Å². The Labute approximate surface area is 107 Å². The Bertz CT molecular complexity index is 383. The highest BCUT2D eigenvalue weighted by Gasteiger charge is 2.18. The summed E-state index contributed by atoms with van der Waals surface area (Å²) in [7, 11) is 0. The van der Waals surface area contributed by atoms with Gasteiger partial charge in [0.2, 0.25) is 5.91 Å². The van der Waals surface area contributed by atoms with Crippen molar-refractivity contribution >= 4 is 11.6 Å². The van der Waals surface area contributed by atoms with Crippen LogP contribution in [0, 0.1) is 0 Å². The highest BCUT2D eigenvalue weighted by atomic mass is 16.5. The predicted molar refractivity (Wildman–Crippen MR) is 69.5 cm³/mol. The summed E-state index contributed by atoms with van der Waals surface area (Å²) in [6.45, 7) is 0.915. The first-order chi connectivity index (χ1) is 8.78. The van der Waals surface area contributed by atoms with E-state index in [0.717, 1.165) is 30.7 Å². The summed E-state index contributed by atoms with van der Waals surface area (Å²) in [4.78, 5) is 11.7. The number of ether oxygens (including phenoxy) is 1.